The van der Waals surface area contributed by atoms with Crippen molar-refractivity contribution in [3.63, 3.8) is 0 Å². The van der Waals surface area contributed by atoms with Gasteiger partial charge in [0.1, 0.15) is 48.4 Å². The molecule has 0 saturated carbocycles. The summed E-state index contributed by atoms with van der Waals surface area (Å²) in [4.78, 5) is 4.69. The van der Waals surface area contributed by atoms with Crippen LogP contribution in [0.15, 0.2) is 48.5 Å². The average molecular weight is 441 g/mol. The lowest BCUT2D eigenvalue weighted by Crippen LogP contribution is -2.35. The molecule has 0 bridgehead atoms. The van der Waals surface area contributed by atoms with Gasteiger partial charge in [-0.2, -0.15) is 0 Å². The van der Waals surface area contributed by atoms with Crippen molar-refractivity contribution in [3.05, 3.63) is 48.5 Å². The Morgan fingerprint density at radius 2 is 1.00 bits per heavy atom. The van der Waals surface area contributed by atoms with E-state index in [4.69, 9.17) is 18.9 Å². The SMILES string of the molecule is CN1CCC(Oc2cccc(OCCOc3cccc(OC4CCN(C)CC4)c3)c2)CC1. The maximum absolute atomic E-state index is 6.15. The van der Waals surface area contributed by atoms with Crippen LogP contribution in [0.3, 0.4) is 0 Å². The molecule has 0 aromatic heterocycles. The van der Waals surface area contributed by atoms with Gasteiger partial charge in [-0.15, -0.1) is 0 Å². The Bertz CT molecular complexity index is 761. The zero-order valence-electron chi connectivity index (χ0n) is 19.4. The molecule has 2 aliphatic heterocycles. The summed E-state index contributed by atoms with van der Waals surface area (Å²) in [6, 6.07) is 15.8. The monoisotopic (exact) mass is 440 g/mol. The van der Waals surface area contributed by atoms with E-state index < -0.39 is 0 Å². The molecule has 0 amide bonds. The highest BCUT2D eigenvalue weighted by atomic mass is 16.5. The number of nitrogens with zero attached hydrogens (tertiary/aromatic N) is 2. The molecule has 6 nitrogen and oxygen atoms in total. The van der Waals surface area contributed by atoms with Crippen LogP contribution in [0.1, 0.15) is 25.7 Å². The fourth-order valence-corrected chi connectivity index (χ4v) is 4.18. The van der Waals surface area contributed by atoms with Gasteiger partial charge in [0.2, 0.25) is 0 Å². The molecule has 2 saturated heterocycles. The van der Waals surface area contributed by atoms with E-state index in [1.807, 2.05) is 48.5 Å². The Morgan fingerprint density at radius 1 is 0.625 bits per heavy atom. The number of ether oxygens (including phenoxy) is 4. The summed E-state index contributed by atoms with van der Waals surface area (Å²) in [5, 5.41) is 0. The van der Waals surface area contributed by atoms with Crippen LogP contribution in [-0.2, 0) is 0 Å². The molecule has 6 heteroatoms. The van der Waals surface area contributed by atoms with E-state index in [1.54, 1.807) is 0 Å². The fraction of sp³-hybridized carbons (Fsp3) is 0.538. The topological polar surface area (TPSA) is 43.4 Å². The molecule has 174 valence electrons. The summed E-state index contributed by atoms with van der Waals surface area (Å²) < 4.78 is 24.1. The molecule has 2 heterocycles. The van der Waals surface area contributed by atoms with Gasteiger partial charge in [0.25, 0.3) is 0 Å². The van der Waals surface area contributed by atoms with E-state index >= 15 is 0 Å². The first-order valence-electron chi connectivity index (χ1n) is 11.8. The first kappa shape index (κ1) is 22.7. The highest BCUT2D eigenvalue weighted by molar-refractivity contribution is 5.34. The molecule has 2 aliphatic rings. The van der Waals surface area contributed by atoms with Gasteiger partial charge in [0.15, 0.2) is 0 Å². The summed E-state index contributed by atoms with van der Waals surface area (Å²) in [6.45, 7) is 5.28. The minimum atomic E-state index is 0.286. The second kappa shape index (κ2) is 11.4. The lowest BCUT2D eigenvalue weighted by atomic mass is 10.1. The van der Waals surface area contributed by atoms with Crippen LogP contribution in [0.2, 0.25) is 0 Å². The normalized spacial score (nSPS) is 18.9. The highest BCUT2D eigenvalue weighted by Gasteiger charge is 2.19. The summed E-state index contributed by atoms with van der Waals surface area (Å²) in [5.41, 5.74) is 0. The Morgan fingerprint density at radius 3 is 1.41 bits per heavy atom. The number of hydrogen-bond acceptors (Lipinski definition) is 6. The van der Waals surface area contributed by atoms with Crippen molar-refractivity contribution in [3.8, 4) is 23.0 Å². The van der Waals surface area contributed by atoms with Crippen LogP contribution in [-0.4, -0.2) is 75.5 Å². The van der Waals surface area contributed by atoms with Crippen molar-refractivity contribution in [2.45, 2.75) is 37.9 Å². The van der Waals surface area contributed by atoms with Crippen molar-refractivity contribution >= 4 is 0 Å². The Labute approximate surface area is 192 Å². The summed E-state index contributed by atoms with van der Waals surface area (Å²) in [6.07, 6.45) is 4.83. The quantitative estimate of drug-likeness (QED) is 0.547. The molecule has 0 spiro atoms. The third-order valence-corrected chi connectivity index (χ3v) is 6.17. The van der Waals surface area contributed by atoms with Crippen LogP contribution in [0.25, 0.3) is 0 Å². The third-order valence-electron chi connectivity index (χ3n) is 6.17. The summed E-state index contributed by atoms with van der Waals surface area (Å²) in [7, 11) is 4.32. The molecular weight excluding hydrogens is 404 g/mol. The Hall–Kier alpha value is -2.44. The molecule has 32 heavy (non-hydrogen) atoms. The van der Waals surface area contributed by atoms with E-state index in [0.29, 0.717) is 13.2 Å². The zero-order valence-corrected chi connectivity index (χ0v) is 19.4. The third kappa shape index (κ3) is 7.04. The number of rotatable bonds is 9. The molecule has 2 fully saturated rings. The molecule has 2 aromatic carbocycles. The van der Waals surface area contributed by atoms with Gasteiger partial charge in [-0.3, -0.25) is 0 Å². The second-order valence-corrected chi connectivity index (χ2v) is 8.89. The standard InChI is InChI=1S/C26H36N2O4/c1-27-13-9-21(10-14-27)31-25-7-3-5-23(19-25)29-17-18-30-24-6-4-8-26(20-24)32-22-11-15-28(2)16-12-22/h3-8,19-22H,9-18H2,1-2H3. The van der Waals surface area contributed by atoms with Gasteiger partial charge >= 0.3 is 0 Å². The summed E-state index contributed by atoms with van der Waals surface area (Å²) >= 11 is 0. The van der Waals surface area contributed by atoms with Gasteiger partial charge in [-0.1, -0.05) is 12.1 Å². The van der Waals surface area contributed by atoms with Gasteiger partial charge < -0.3 is 28.7 Å². The van der Waals surface area contributed by atoms with Crippen LogP contribution in [0, 0.1) is 0 Å². The van der Waals surface area contributed by atoms with Gasteiger partial charge in [0, 0.05) is 38.3 Å². The Kier molecular flexibility index (Phi) is 8.13. The lowest BCUT2D eigenvalue weighted by Gasteiger charge is -2.29. The minimum absolute atomic E-state index is 0.286. The molecule has 2 aromatic rings. The van der Waals surface area contributed by atoms with Crippen molar-refractivity contribution in [1.82, 2.24) is 9.80 Å². The fourth-order valence-electron chi connectivity index (χ4n) is 4.18. The number of hydrogen-bond donors (Lipinski definition) is 0. The maximum Gasteiger partial charge on any atom is 0.123 e. The van der Waals surface area contributed by atoms with Crippen molar-refractivity contribution in [2.24, 2.45) is 0 Å². The van der Waals surface area contributed by atoms with Gasteiger partial charge in [-0.05, 0) is 64.0 Å². The summed E-state index contributed by atoms with van der Waals surface area (Å²) in [5.74, 6) is 3.35. The number of piperidine rings is 2. The smallest absolute Gasteiger partial charge is 0.123 e. The second-order valence-electron chi connectivity index (χ2n) is 8.89. The maximum atomic E-state index is 6.15. The van der Waals surface area contributed by atoms with Gasteiger partial charge in [-0.25, -0.2) is 0 Å². The Balaban J connectivity index is 1.19. The predicted octanol–water partition coefficient (Wildman–Crippen LogP) is 4.09. The van der Waals surface area contributed by atoms with Crippen molar-refractivity contribution < 1.29 is 18.9 Å². The van der Waals surface area contributed by atoms with E-state index in [1.165, 1.54) is 0 Å². The van der Waals surface area contributed by atoms with E-state index in [-0.39, 0.29) is 12.2 Å². The average Bonchev–Trinajstić information content (AvgIpc) is 2.80. The lowest BCUT2D eigenvalue weighted by molar-refractivity contribution is 0.113. The van der Waals surface area contributed by atoms with E-state index in [9.17, 15) is 0 Å². The molecular formula is C26H36N2O4. The van der Waals surface area contributed by atoms with Crippen LogP contribution in [0.5, 0.6) is 23.0 Å². The van der Waals surface area contributed by atoms with Crippen LogP contribution in [0.4, 0.5) is 0 Å². The number of benzene rings is 2. The molecule has 0 unspecified atom stereocenters. The minimum Gasteiger partial charge on any atom is -0.490 e. The molecule has 0 radical (unpaired) electrons. The van der Waals surface area contributed by atoms with Crippen LogP contribution >= 0.6 is 0 Å². The molecule has 0 atom stereocenters. The van der Waals surface area contributed by atoms with E-state index in [2.05, 4.69) is 23.9 Å². The highest BCUT2D eigenvalue weighted by Crippen LogP contribution is 2.25. The largest absolute Gasteiger partial charge is 0.490 e. The van der Waals surface area contributed by atoms with Crippen molar-refractivity contribution in [2.75, 3.05) is 53.5 Å². The van der Waals surface area contributed by atoms with Crippen molar-refractivity contribution in [1.29, 1.82) is 0 Å². The van der Waals surface area contributed by atoms with Gasteiger partial charge in [0.05, 0.1) is 0 Å². The number of likely N-dealkylation sites (tertiary alicyclic amines) is 2. The first-order valence-corrected chi connectivity index (χ1v) is 11.8. The molecule has 4 rings (SSSR count). The molecule has 0 aliphatic carbocycles. The first-order chi connectivity index (χ1) is 15.6. The molecule has 0 N–H and O–H groups in total. The predicted molar refractivity (Wildman–Crippen MR) is 126 cm³/mol. The van der Waals surface area contributed by atoms with Crippen LogP contribution < -0.4 is 18.9 Å². The van der Waals surface area contributed by atoms with E-state index in [0.717, 1.165) is 74.9 Å². The zero-order chi connectivity index (χ0) is 22.2.